The van der Waals surface area contributed by atoms with Crippen molar-refractivity contribution in [3.05, 3.63) is 83.3 Å². The van der Waals surface area contributed by atoms with Crippen LogP contribution in [0.4, 0.5) is 24.5 Å². The maximum atomic E-state index is 12.8. The van der Waals surface area contributed by atoms with E-state index < -0.39 is 23.6 Å². The molecule has 0 unspecified atom stereocenters. The topological polar surface area (TPSA) is 71.3 Å². The van der Waals surface area contributed by atoms with Crippen LogP contribution in [0.15, 0.2) is 65.1 Å². The van der Waals surface area contributed by atoms with Gasteiger partial charge in [0.05, 0.1) is 5.56 Å². The van der Waals surface area contributed by atoms with Gasteiger partial charge in [-0.15, -0.1) is 0 Å². The third kappa shape index (κ3) is 4.59. The monoisotopic (exact) mass is 388 g/mol. The Morgan fingerprint density at radius 2 is 1.50 bits per heavy atom. The first kappa shape index (κ1) is 19.2. The van der Waals surface area contributed by atoms with E-state index in [-0.39, 0.29) is 17.0 Å². The predicted molar refractivity (Wildman–Crippen MR) is 97.2 cm³/mol. The molecule has 0 aliphatic heterocycles. The largest absolute Gasteiger partial charge is 0.456 e. The van der Waals surface area contributed by atoms with Crippen LogP contribution in [0, 0.1) is 6.92 Å². The summed E-state index contributed by atoms with van der Waals surface area (Å²) in [7, 11) is 0. The van der Waals surface area contributed by atoms with Gasteiger partial charge in [0.2, 0.25) is 0 Å². The van der Waals surface area contributed by atoms with Gasteiger partial charge in [0.1, 0.15) is 5.76 Å². The average molecular weight is 388 g/mol. The number of halogens is 3. The minimum atomic E-state index is -4.50. The summed E-state index contributed by atoms with van der Waals surface area (Å²) in [6, 6.07) is 13.5. The summed E-state index contributed by atoms with van der Waals surface area (Å²) in [6.07, 6.45) is -4.50. The number of amides is 2. The quantitative estimate of drug-likeness (QED) is 0.652. The molecule has 0 atom stereocenters. The first-order valence-electron chi connectivity index (χ1n) is 8.19. The van der Waals surface area contributed by atoms with Crippen molar-refractivity contribution in [1.29, 1.82) is 0 Å². The highest BCUT2D eigenvalue weighted by atomic mass is 19.4. The fourth-order valence-corrected chi connectivity index (χ4v) is 2.46. The molecule has 2 amide bonds. The second kappa shape index (κ2) is 7.59. The van der Waals surface area contributed by atoms with E-state index in [9.17, 15) is 22.8 Å². The number of benzene rings is 2. The van der Waals surface area contributed by atoms with E-state index in [1.165, 1.54) is 30.3 Å². The van der Waals surface area contributed by atoms with Crippen LogP contribution in [-0.4, -0.2) is 11.8 Å². The molecule has 3 aromatic rings. The molecular weight excluding hydrogens is 373 g/mol. The zero-order valence-electron chi connectivity index (χ0n) is 14.6. The van der Waals surface area contributed by atoms with Crippen molar-refractivity contribution in [2.75, 3.05) is 10.6 Å². The highest BCUT2D eigenvalue weighted by Gasteiger charge is 2.30. The molecule has 0 saturated heterocycles. The van der Waals surface area contributed by atoms with Crippen LogP contribution in [0.5, 0.6) is 0 Å². The van der Waals surface area contributed by atoms with Crippen LogP contribution in [0.25, 0.3) is 0 Å². The molecule has 5 nitrogen and oxygen atoms in total. The zero-order chi connectivity index (χ0) is 20.3. The molecule has 0 spiro atoms. The van der Waals surface area contributed by atoms with E-state index in [1.54, 1.807) is 25.1 Å². The van der Waals surface area contributed by atoms with E-state index in [0.29, 0.717) is 11.4 Å². The van der Waals surface area contributed by atoms with Gasteiger partial charge in [0.15, 0.2) is 5.76 Å². The number of carbonyl (C=O) groups is 2. The highest BCUT2D eigenvalue weighted by Crippen LogP contribution is 2.30. The Hall–Kier alpha value is -3.55. The van der Waals surface area contributed by atoms with Gasteiger partial charge >= 0.3 is 6.18 Å². The second-order valence-electron chi connectivity index (χ2n) is 5.98. The lowest BCUT2D eigenvalue weighted by Crippen LogP contribution is -2.15. The minimum absolute atomic E-state index is 0.0142. The Morgan fingerprint density at radius 3 is 2.14 bits per heavy atom. The Balaban J connectivity index is 1.73. The third-order valence-electron chi connectivity index (χ3n) is 3.79. The first-order chi connectivity index (χ1) is 13.2. The molecule has 2 N–H and O–H groups in total. The van der Waals surface area contributed by atoms with Gasteiger partial charge in [-0.2, -0.15) is 13.2 Å². The molecule has 0 radical (unpaired) electrons. The minimum Gasteiger partial charge on any atom is -0.456 e. The molecule has 2 aromatic carbocycles. The molecule has 0 fully saturated rings. The fourth-order valence-electron chi connectivity index (χ4n) is 2.46. The summed E-state index contributed by atoms with van der Waals surface area (Å²) in [5.41, 5.74) is -0.332. The molecule has 3 rings (SSSR count). The molecule has 0 saturated carbocycles. The third-order valence-corrected chi connectivity index (χ3v) is 3.79. The fraction of sp³-hybridized carbons (Fsp3) is 0.100. The Morgan fingerprint density at radius 1 is 0.857 bits per heavy atom. The van der Waals surface area contributed by atoms with E-state index in [2.05, 4.69) is 10.6 Å². The van der Waals surface area contributed by atoms with Gasteiger partial charge in [0, 0.05) is 16.9 Å². The molecule has 1 heterocycles. The number of anilines is 2. The van der Waals surface area contributed by atoms with Gasteiger partial charge in [-0.3, -0.25) is 9.59 Å². The van der Waals surface area contributed by atoms with E-state index >= 15 is 0 Å². The molecule has 144 valence electrons. The van der Waals surface area contributed by atoms with Crippen molar-refractivity contribution >= 4 is 23.2 Å². The van der Waals surface area contributed by atoms with Crippen molar-refractivity contribution in [1.82, 2.24) is 0 Å². The highest BCUT2D eigenvalue weighted by molar-refractivity contribution is 6.06. The summed E-state index contributed by atoms with van der Waals surface area (Å²) in [6.45, 7) is 1.70. The number of furan rings is 1. The maximum absolute atomic E-state index is 12.8. The Bertz CT molecular complexity index is 1030. The van der Waals surface area contributed by atoms with Crippen LogP contribution in [0.1, 0.15) is 32.2 Å². The van der Waals surface area contributed by atoms with Gasteiger partial charge in [-0.25, -0.2) is 0 Å². The smallest absolute Gasteiger partial charge is 0.416 e. The standard InChI is InChI=1S/C20H15F3N2O3/c1-12-8-9-17(28-12)19(27)25-15-6-2-4-13(10-15)18(26)24-16-7-3-5-14(11-16)20(21,22)23/h2-11H,1H3,(H,24,26)(H,25,27). The Labute approximate surface area is 158 Å². The summed E-state index contributed by atoms with van der Waals surface area (Å²) in [5, 5.41) is 5.01. The lowest BCUT2D eigenvalue weighted by atomic mass is 10.1. The number of hydrogen-bond donors (Lipinski definition) is 2. The molecule has 28 heavy (non-hydrogen) atoms. The number of hydrogen-bond acceptors (Lipinski definition) is 3. The van der Waals surface area contributed by atoms with Crippen molar-refractivity contribution in [3.8, 4) is 0 Å². The summed E-state index contributed by atoms with van der Waals surface area (Å²) in [4.78, 5) is 24.5. The summed E-state index contributed by atoms with van der Waals surface area (Å²) >= 11 is 0. The first-order valence-corrected chi connectivity index (χ1v) is 8.19. The lowest BCUT2D eigenvalue weighted by molar-refractivity contribution is -0.137. The second-order valence-corrected chi connectivity index (χ2v) is 5.98. The van der Waals surface area contributed by atoms with Crippen LogP contribution >= 0.6 is 0 Å². The van der Waals surface area contributed by atoms with E-state index in [0.717, 1.165) is 12.1 Å². The van der Waals surface area contributed by atoms with Gasteiger partial charge in [-0.05, 0) is 55.5 Å². The molecule has 1 aromatic heterocycles. The van der Waals surface area contributed by atoms with Gasteiger partial charge in [0.25, 0.3) is 11.8 Å². The predicted octanol–water partition coefficient (Wildman–Crippen LogP) is 5.11. The number of aryl methyl sites for hydroxylation is 1. The van der Waals surface area contributed by atoms with Gasteiger partial charge < -0.3 is 15.1 Å². The van der Waals surface area contributed by atoms with E-state index in [4.69, 9.17) is 4.42 Å². The van der Waals surface area contributed by atoms with Crippen LogP contribution in [0.2, 0.25) is 0 Å². The number of alkyl halides is 3. The van der Waals surface area contributed by atoms with E-state index in [1.807, 2.05) is 0 Å². The molecule has 0 bridgehead atoms. The summed E-state index contributed by atoms with van der Waals surface area (Å²) < 4.78 is 43.6. The maximum Gasteiger partial charge on any atom is 0.416 e. The molecule has 0 aliphatic carbocycles. The molecule has 8 heteroatoms. The van der Waals surface area contributed by atoms with Crippen molar-refractivity contribution in [2.24, 2.45) is 0 Å². The van der Waals surface area contributed by atoms with Gasteiger partial charge in [-0.1, -0.05) is 12.1 Å². The number of carbonyl (C=O) groups excluding carboxylic acids is 2. The van der Waals surface area contributed by atoms with Crippen molar-refractivity contribution in [3.63, 3.8) is 0 Å². The normalized spacial score (nSPS) is 11.1. The van der Waals surface area contributed by atoms with Crippen LogP contribution in [-0.2, 0) is 6.18 Å². The Kier molecular flexibility index (Phi) is 5.21. The zero-order valence-corrected chi connectivity index (χ0v) is 14.6. The SMILES string of the molecule is Cc1ccc(C(=O)Nc2cccc(C(=O)Nc3cccc(C(F)(F)F)c3)c2)o1. The van der Waals surface area contributed by atoms with Crippen molar-refractivity contribution in [2.45, 2.75) is 13.1 Å². The molecular formula is C20H15F3N2O3. The average Bonchev–Trinajstić information content (AvgIpc) is 3.08. The summed E-state index contributed by atoms with van der Waals surface area (Å²) in [5.74, 6) is -0.386. The number of nitrogens with one attached hydrogen (secondary N) is 2. The molecule has 0 aliphatic rings. The lowest BCUT2D eigenvalue weighted by Gasteiger charge is -2.10. The van der Waals surface area contributed by atoms with Crippen LogP contribution < -0.4 is 10.6 Å². The van der Waals surface area contributed by atoms with Crippen LogP contribution in [0.3, 0.4) is 0 Å². The van der Waals surface area contributed by atoms with Crippen molar-refractivity contribution < 1.29 is 27.2 Å². The number of rotatable bonds is 4.